The molecule has 0 radical (unpaired) electrons. The van der Waals surface area contributed by atoms with Crippen LogP contribution in [-0.2, 0) is 26.0 Å². The number of carbonyl (C=O) groups excluding carboxylic acids is 1. The molecule has 0 fully saturated rings. The minimum Gasteiger partial charge on any atom is -0.480 e. The van der Waals surface area contributed by atoms with Crippen molar-refractivity contribution in [3.63, 3.8) is 0 Å². The number of carboxylic acids is 1. The highest BCUT2D eigenvalue weighted by Crippen LogP contribution is 2.44. The van der Waals surface area contributed by atoms with Gasteiger partial charge in [0.1, 0.15) is 18.4 Å². The number of alkyl carbamates (subject to hydrolysis) is 1. The molecule has 1 heterocycles. The van der Waals surface area contributed by atoms with E-state index in [-0.39, 0.29) is 31.1 Å². The van der Waals surface area contributed by atoms with Gasteiger partial charge in [0.2, 0.25) is 0 Å². The van der Waals surface area contributed by atoms with Crippen LogP contribution in [0.1, 0.15) is 36.1 Å². The van der Waals surface area contributed by atoms with Crippen LogP contribution in [0.25, 0.3) is 11.1 Å². The first kappa shape index (κ1) is 31.4. The largest absolute Gasteiger partial charge is 0.480 e. The van der Waals surface area contributed by atoms with Crippen molar-refractivity contribution in [3.8, 4) is 11.1 Å². The van der Waals surface area contributed by atoms with Crippen LogP contribution in [-0.4, -0.2) is 60.1 Å². The first-order valence-electron chi connectivity index (χ1n) is 14.2. The number of hydrogen-bond donors (Lipinski definition) is 2. The molecule has 234 valence electrons. The number of para-hydroxylation sites is 1. The highest BCUT2D eigenvalue weighted by molar-refractivity contribution is 7.89. The SMILES string of the molecule is CC[C@@H](CN([C@@H](Cc1ccco1)C(=O)O)S(=O)(=O)c1ccccc1[N+](=O)[O-])NC(=O)OCC1c2ccccc2-c2ccccc21. The van der Waals surface area contributed by atoms with Crippen molar-refractivity contribution >= 4 is 27.8 Å². The summed E-state index contributed by atoms with van der Waals surface area (Å²) in [5.41, 5.74) is 3.44. The van der Waals surface area contributed by atoms with Crippen molar-refractivity contribution in [2.75, 3.05) is 13.2 Å². The van der Waals surface area contributed by atoms with Gasteiger partial charge in [-0.25, -0.2) is 13.2 Å². The van der Waals surface area contributed by atoms with Gasteiger partial charge in [0, 0.05) is 31.0 Å². The lowest BCUT2D eigenvalue weighted by molar-refractivity contribution is -0.387. The van der Waals surface area contributed by atoms with E-state index >= 15 is 0 Å². The maximum Gasteiger partial charge on any atom is 0.407 e. The molecule has 1 aliphatic carbocycles. The molecule has 5 rings (SSSR count). The Balaban J connectivity index is 1.39. The van der Waals surface area contributed by atoms with Gasteiger partial charge in [-0.1, -0.05) is 67.6 Å². The van der Waals surface area contributed by atoms with Crippen LogP contribution in [0.4, 0.5) is 10.5 Å². The number of nitrogens with zero attached hydrogens (tertiary/aromatic N) is 2. The van der Waals surface area contributed by atoms with E-state index < -0.39 is 56.2 Å². The van der Waals surface area contributed by atoms with Gasteiger partial charge in [0.15, 0.2) is 4.90 Å². The number of carbonyl (C=O) groups is 2. The quantitative estimate of drug-likeness (QED) is 0.149. The summed E-state index contributed by atoms with van der Waals surface area (Å²) in [6.07, 6.45) is 0.344. The molecule has 0 saturated heterocycles. The van der Waals surface area contributed by atoms with Crippen LogP contribution in [0.3, 0.4) is 0 Å². The molecule has 3 aromatic carbocycles. The van der Waals surface area contributed by atoms with Crippen LogP contribution < -0.4 is 5.32 Å². The molecule has 1 amide bonds. The zero-order chi connectivity index (χ0) is 32.1. The second-order valence-electron chi connectivity index (χ2n) is 10.5. The Morgan fingerprint density at radius 1 is 1.00 bits per heavy atom. The van der Waals surface area contributed by atoms with E-state index in [0.29, 0.717) is 4.31 Å². The summed E-state index contributed by atoms with van der Waals surface area (Å²) in [5, 5.41) is 24.6. The lowest BCUT2D eigenvalue weighted by Gasteiger charge is -2.31. The molecule has 45 heavy (non-hydrogen) atoms. The second kappa shape index (κ2) is 13.3. The molecule has 0 aliphatic heterocycles. The predicted molar refractivity (Wildman–Crippen MR) is 163 cm³/mol. The van der Waals surface area contributed by atoms with E-state index in [0.717, 1.165) is 34.4 Å². The Kier molecular flexibility index (Phi) is 9.30. The van der Waals surface area contributed by atoms with Gasteiger partial charge in [-0.3, -0.25) is 14.9 Å². The van der Waals surface area contributed by atoms with Gasteiger partial charge in [-0.2, -0.15) is 4.31 Å². The topological polar surface area (TPSA) is 169 Å². The summed E-state index contributed by atoms with van der Waals surface area (Å²) in [6.45, 7) is 1.20. The van der Waals surface area contributed by atoms with E-state index in [1.807, 2.05) is 48.5 Å². The molecule has 2 N–H and O–H groups in total. The molecule has 1 aromatic heterocycles. The standard InChI is InChI=1S/C32H31N3O9S/c1-2-21(33-32(38)44-20-27-25-13-5-3-11-23(25)24-12-4-6-14-26(24)27)19-34(29(31(36)37)18-22-10-9-17-43-22)45(41,42)30-16-8-7-15-28(30)35(39)40/h3-17,21,27,29H,2,18-20H2,1H3,(H,33,38)(H,36,37)/t21-,29-/m0/s1. The summed E-state index contributed by atoms with van der Waals surface area (Å²) >= 11 is 0. The fourth-order valence-corrected chi connectivity index (χ4v) is 7.36. The van der Waals surface area contributed by atoms with Crippen molar-refractivity contribution in [2.24, 2.45) is 0 Å². The molecule has 0 bridgehead atoms. The van der Waals surface area contributed by atoms with Crippen molar-refractivity contribution in [3.05, 3.63) is 118 Å². The average molecular weight is 634 g/mol. The highest BCUT2D eigenvalue weighted by Gasteiger charge is 2.41. The summed E-state index contributed by atoms with van der Waals surface area (Å²) in [6, 6.07) is 20.8. The summed E-state index contributed by atoms with van der Waals surface area (Å²) < 4.78 is 39.6. The van der Waals surface area contributed by atoms with E-state index in [2.05, 4.69) is 5.32 Å². The minimum absolute atomic E-state index is 0.0186. The molecular formula is C32H31N3O9S. The zero-order valence-electron chi connectivity index (χ0n) is 24.2. The number of hydrogen-bond acceptors (Lipinski definition) is 8. The number of furan rings is 1. The fourth-order valence-electron chi connectivity index (χ4n) is 5.58. The number of fused-ring (bicyclic) bond motifs is 3. The first-order chi connectivity index (χ1) is 21.6. The number of benzene rings is 3. The lowest BCUT2D eigenvalue weighted by Crippen LogP contribution is -2.52. The van der Waals surface area contributed by atoms with E-state index in [9.17, 15) is 33.2 Å². The van der Waals surface area contributed by atoms with E-state index in [1.165, 1.54) is 30.5 Å². The Bertz CT molecular complexity index is 1760. The predicted octanol–water partition coefficient (Wildman–Crippen LogP) is 5.19. The first-order valence-corrected chi connectivity index (χ1v) is 15.7. The van der Waals surface area contributed by atoms with Crippen LogP contribution >= 0.6 is 0 Å². The third kappa shape index (κ3) is 6.59. The summed E-state index contributed by atoms with van der Waals surface area (Å²) in [7, 11) is -4.78. The van der Waals surface area contributed by atoms with Gasteiger partial charge < -0.3 is 19.6 Å². The number of nitro benzene ring substituents is 1. The molecule has 4 aromatic rings. The molecule has 2 atom stereocenters. The number of amides is 1. The minimum atomic E-state index is -4.78. The third-order valence-corrected chi connectivity index (χ3v) is 9.74. The average Bonchev–Trinajstić information content (AvgIpc) is 3.67. The van der Waals surface area contributed by atoms with Gasteiger partial charge in [-0.15, -0.1) is 0 Å². The fraction of sp³-hybridized carbons (Fsp3) is 0.250. The normalized spacial score (nSPS) is 13.9. The maximum atomic E-state index is 14.0. The molecule has 0 saturated carbocycles. The number of ether oxygens (including phenoxy) is 1. The number of sulfonamides is 1. The molecular weight excluding hydrogens is 602 g/mol. The van der Waals surface area contributed by atoms with Gasteiger partial charge in [-0.05, 0) is 46.9 Å². The molecule has 0 spiro atoms. The maximum absolute atomic E-state index is 14.0. The Morgan fingerprint density at radius 2 is 1.62 bits per heavy atom. The van der Waals surface area contributed by atoms with Crippen LogP contribution in [0.5, 0.6) is 0 Å². The van der Waals surface area contributed by atoms with Crippen molar-refractivity contribution < 1.29 is 37.2 Å². The van der Waals surface area contributed by atoms with E-state index in [4.69, 9.17) is 9.15 Å². The van der Waals surface area contributed by atoms with Gasteiger partial charge >= 0.3 is 12.1 Å². The van der Waals surface area contributed by atoms with Crippen LogP contribution in [0, 0.1) is 10.1 Å². The van der Waals surface area contributed by atoms with Crippen LogP contribution in [0.2, 0.25) is 0 Å². The lowest BCUT2D eigenvalue weighted by atomic mass is 9.98. The molecule has 12 nitrogen and oxygen atoms in total. The number of rotatable bonds is 13. The number of carboxylic acid groups (broad SMARTS) is 1. The number of nitrogens with one attached hydrogen (secondary N) is 1. The molecule has 13 heteroatoms. The monoisotopic (exact) mass is 633 g/mol. The van der Waals surface area contributed by atoms with Gasteiger partial charge in [0.25, 0.3) is 15.7 Å². The summed E-state index contributed by atoms with van der Waals surface area (Å²) in [4.78, 5) is 35.8. The summed E-state index contributed by atoms with van der Waals surface area (Å²) in [5.74, 6) is -1.50. The van der Waals surface area contributed by atoms with Crippen molar-refractivity contribution in [2.45, 2.75) is 42.7 Å². The van der Waals surface area contributed by atoms with Crippen molar-refractivity contribution in [1.82, 2.24) is 9.62 Å². The third-order valence-electron chi connectivity index (χ3n) is 7.81. The Labute approximate surface area is 259 Å². The second-order valence-corrected chi connectivity index (χ2v) is 12.4. The van der Waals surface area contributed by atoms with Crippen LogP contribution in [0.15, 0.2) is 101 Å². The van der Waals surface area contributed by atoms with E-state index in [1.54, 1.807) is 6.92 Å². The van der Waals surface area contributed by atoms with Gasteiger partial charge in [0.05, 0.1) is 11.2 Å². The highest BCUT2D eigenvalue weighted by atomic mass is 32.2. The van der Waals surface area contributed by atoms with Crippen molar-refractivity contribution in [1.29, 1.82) is 0 Å². The molecule has 1 aliphatic rings. The smallest absolute Gasteiger partial charge is 0.407 e. The zero-order valence-corrected chi connectivity index (χ0v) is 25.1. The number of nitro groups is 1. The molecule has 0 unspecified atom stereocenters. The number of aliphatic carboxylic acids is 1. The Hall–Kier alpha value is -5.01. The Morgan fingerprint density at radius 3 is 2.20 bits per heavy atom.